The highest BCUT2D eigenvalue weighted by molar-refractivity contribution is 5.18. The Balaban J connectivity index is 1.16. The normalized spacial score (nSPS) is 25.6. The Morgan fingerprint density at radius 2 is 0.692 bits per heavy atom. The largest absolute Gasteiger partial charge is 0.394 e. The van der Waals surface area contributed by atoms with E-state index in [9.17, 15) is 10.2 Å². The average molecular weight is 883 g/mol. The van der Waals surface area contributed by atoms with Gasteiger partial charge in [0, 0.05) is 0 Å². The van der Waals surface area contributed by atoms with Crippen LogP contribution in [0.25, 0.3) is 0 Å². The fourth-order valence-corrected chi connectivity index (χ4v) is 8.12. The topological polar surface area (TPSA) is 124 Å². The Labute approximate surface area is 381 Å². The number of hydrogen-bond donors (Lipinski definition) is 2. The van der Waals surface area contributed by atoms with Crippen LogP contribution < -0.4 is 0 Å². The molecule has 2 heterocycles. The molecule has 11 nitrogen and oxygen atoms in total. The van der Waals surface area contributed by atoms with Gasteiger partial charge in [-0.25, -0.2) is 0 Å². The van der Waals surface area contributed by atoms with Crippen molar-refractivity contribution in [2.45, 2.75) is 101 Å². The lowest BCUT2D eigenvalue weighted by Crippen LogP contribution is -2.66. The van der Waals surface area contributed by atoms with Gasteiger partial charge in [-0.15, -0.1) is 0 Å². The van der Waals surface area contributed by atoms with Gasteiger partial charge in [-0.1, -0.05) is 182 Å². The highest BCUT2D eigenvalue weighted by Crippen LogP contribution is 2.36. The first kappa shape index (κ1) is 46.4. The lowest BCUT2D eigenvalue weighted by atomic mass is 9.95. The summed E-state index contributed by atoms with van der Waals surface area (Å²) >= 11 is 0. The van der Waals surface area contributed by atoms with Gasteiger partial charge >= 0.3 is 0 Å². The fraction of sp³-hybridized carbons (Fsp3) is 0.333. The maximum atomic E-state index is 11.5. The smallest absolute Gasteiger partial charge is 0.187 e. The van der Waals surface area contributed by atoms with Crippen LogP contribution in [0, 0.1) is 0 Å². The van der Waals surface area contributed by atoms with Crippen LogP contribution in [0.15, 0.2) is 182 Å². The zero-order chi connectivity index (χ0) is 44.5. The molecule has 2 N–H and O–H groups in total. The van der Waals surface area contributed by atoms with Crippen molar-refractivity contribution in [2.75, 3.05) is 13.2 Å². The van der Waals surface area contributed by atoms with Crippen LogP contribution in [0.4, 0.5) is 0 Å². The molecular weight excluding hydrogens is 825 g/mol. The molecule has 0 bridgehead atoms. The van der Waals surface area contributed by atoms with Crippen molar-refractivity contribution < 1.29 is 52.8 Å². The van der Waals surface area contributed by atoms with Crippen molar-refractivity contribution in [1.82, 2.24) is 0 Å². The Hall–Kier alpha value is -5.12. The minimum atomic E-state index is -1.45. The number of aliphatic hydroxyl groups is 2. The van der Waals surface area contributed by atoms with Crippen LogP contribution in [0.3, 0.4) is 0 Å². The zero-order valence-electron chi connectivity index (χ0n) is 36.3. The van der Waals surface area contributed by atoms with E-state index in [-0.39, 0.29) is 39.6 Å². The van der Waals surface area contributed by atoms with Gasteiger partial charge < -0.3 is 52.8 Å². The summed E-state index contributed by atoms with van der Waals surface area (Å²) < 4.78 is 60.5. The minimum Gasteiger partial charge on any atom is -0.394 e. The van der Waals surface area contributed by atoms with Gasteiger partial charge in [0.1, 0.15) is 48.8 Å². The molecule has 2 fully saturated rings. The molecule has 2 aliphatic heterocycles. The van der Waals surface area contributed by atoms with E-state index in [1.54, 1.807) is 0 Å². The van der Waals surface area contributed by atoms with Gasteiger partial charge in [0.2, 0.25) is 0 Å². The van der Waals surface area contributed by atoms with Crippen molar-refractivity contribution in [3.8, 4) is 0 Å². The number of rotatable bonds is 22. The predicted molar refractivity (Wildman–Crippen MR) is 243 cm³/mol. The van der Waals surface area contributed by atoms with Crippen LogP contribution in [-0.2, 0) is 82.3 Å². The SMILES string of the molecule is OC[C@H]1O[C@H](O)[C@H](OCc2ccccc2)[C@@H](OCc2ccccc2)[C@H]1O[C@@H]1O[C@H](COCc2ccccc2)[C@H](OCc2ccccc2)[C@H](OCc2ccccc2)[C@H]1OCc1ccccc1. The van der Waals surface area contributed by atoms with E-state index in [0.717, 1.165) is 33.4 Å². The number of hydrogen-bond acceptors (Lipinski definition) is 11. The van der Waals surface area contributed by atoms with Crippen molar-refractivity contribution >= 4 is 0 Å². The summed E-state index contributed by atoms with van der Waals surface area (Å²) in [6.45, 7) is 0.970. The molecule has 11 heteroatoms. The first-order valence-corrected chi connectivity index (χ1v) is 22.3. The highest BCUT2D eigenvalue weighted by atomic mass is 16.7. The summed E-state index contributed by atoms with van der Waals surface area (Å²) in [6, 6.07) is 59.0. The maximum absolute atomic E-state index is 11.5. The molecule has 0 aromatic heterocycles. The van der Waals surface area contributed by atoms with Crippen LogP contribution in [0.2, 0.25) is 0 Å². The zero-order valence-corrected chi connectivity index (χ0v) is 36.3. The van der Waals surface area contributed by atoms with E-state index >= 15 is 0 Å². The summed E-state index contributed by atoms with van der Waals surface area (Å²) in [5.74, 6) is 0. The van der Waals surface area contributed by atoms with Gasteiger partial charge in [0.05, 0.1) is 52.9 Å². The molecule has 0 aliphatic carbocycles. The van der Waals surface area contributed by atoms with E-state index in [4.69, 9.17) is 42.6 Å². The molecule has 340 valence electrons. The summed E-state index contributed by atoms with van der Waals surface area (Å²) in [5.41, 5.74) is 5.66. The quantitative estimate of drug-likeness (QED) is 0.0691. The van der Waals surface area contributed by atoms with Crippen LogP contribution in [0.1, 0.15) is 33.4 Å². The summed E-state index contributed by atoms with van der Waals surface area (Å²) in [6.07, 6.45) is -9.81. The third-order valence-corrected chi connectivity index (χ3v) is 11.5. The van der Waals surface area contributed by atoms with E-state index in [1.165, 1.54) is 0 Å². The van der Waals surface area contributed by atoms with E-state index in [0.29, 0.717) is 6.61 Å². The second-order valence-electron chi connectivity index (χ2n) is 16.2. The molecule has 2 saturated heterocycles. The second-order valence-corrected chi connectivity index (χ2v) is 16.2. The fourth-order valence-electron chi connectivity index (χ4n) is 8.12. The standard InChI is InChI=1S/C54H58O11/c55-31-45-48(50(60-35-42-25-13-4-14-26-42)51(53(56)63-45)61-36-43-27-15-5-16-28-43)65-54-52(62-37-44-29-17-6-18-30-44)49(59-34-41-23-11-3-12-24-41)47(58-33-40-21-9-2-10-22-40)46(64-54)38-57-32-39-19-7-1-8-20-39/h1-30,45-56H,31-38H2/t45-,46-,47+,48+,49+,50+,51-,52-,53+,54+/m1/s1. The van der Waals surface area contributed by atoms with Gasteiger partial charge in [-0.3, -0.25) is 0 Å². The van der Waals surface area contributed by atoms with Crippen LogP contribution in [0.5, 0.6) is 0 Å². The third-order valence-electron chi connectivity index (χ3n) is 11.5. The lowest BCUT2D eigenvalue weighted by Gasteiger charge is -2.49. The molecule has 2 aliphatic rings. The van der Waals surface area contributed by atoms with Crippen molar-refractivity contribution in [1.29, 1.82) is 0 Å². The molecule has 6 aromatic carbocycles. The molecule has 0 radical (unpaired) electrons. The minimum absolute atomic E-state index is 0.116. The van der Waals surface area contributed by atoms with Gasteiger partial charge in [-0.05, 0) is 33.4 Å². The summed E-state index contributed by atoms with van der Waals surface area (Å²) in [4.78, 5) is 0. The van der Waals surface area contributed by atoms with E-state index < -0.39 is 68.0 Å². The molecule has 0 unspecified atom stereocenters. The molecule has 10 atom stereocenters. The number of benzene rings is 6. The van der Waals surface area contributed by atoms with E-state index in [2.05, 4.69) is 0 Å². The second kappa shape index (κ2) is 24.4. The summed E-state index contributed by atoms with van der Waals surface area (Å²) in [5, 5.41) is 22.5. The number of aliphatic hydroxyl groups excluding tert-OH is 2. The van der Waals surface area contributed by atoms with Gasteiger partial charge in [0.25, 0.3) is 0 Å². The predicted octanol–water partition coefficient (Wildman–Crippen LogP) is 7.95. The van der Waals surface area contributed by atoms with Gasteiger partial charge in [0.15, 0.2) is 12.6 Å². The molecule has 0 spiro atoms. The van der Waals surface area contributed by atoms with Crippen molar-refractivity contribution in [3.63, 3.8) is 0 Å². The summed E-state index contributed by atoms with van der Waals surface area (Å²) in [7, 11) is 0. The monoisotopic (exact) mass is 882 g/mol. The van der Waals surface area contributed by atoms with Gasteiger partial charge in [-0.2, -0.15) is 0 Å². The molecule has 65 heavy (non-hydrogen) atoms. The Kier molecular flexibility index (Phi) is 17.4. The Morgan fingerprint density at radius 1 is 0.354 bits per heavy atom. The number of ether oxygens (including phenoxy) is 9. The molecule has 6 aromatic rings. The van der Waals surface area contributed by atoms with Crippen LogP contribution >= 0.6 is 0 Å². The Bertz CT molecular complexity index is 2210. The molecule has 0 saturated carbocycles. The van der Waals surface area contributed by atoms with Crippen molar-refractivity contribution in [2.24, 2.45) is 0 Å². The first-order valence-electron chi connectivity index (χ1n) is 22.3. The molecular formula is C54H58O11. The van der Waals surface area contributed by atoms with E-state index in [1.807, 2.05) is 182 Å². The third kappa shape index (κ3) is 13.3. The Morgan fingerprint density at radius 3 is 1.09 bits per heavy atom. The van der Waals surface area contributed by atoms with Crippen molar-refractivity contribution in [3.05, 3.63) is 215 Å². The lowest BCUT2D eigenvalue weighted by molar-refractivity contribution is -0.373. The highest BCUT2D eigenvalue weighted by Gasteiger charge is 2.54. The average Bonchev–Trinajstić information content (AvgIpc) is 3.36. The molecule has 8 rings (SSSR count). The van der Waals surface area contributed by atoms with Crippen LogP contribution in [-0.4, -0.2) is 84.8 Å². The molecule has 0 amide bonds. The first-order chi connectivity index (χ1) is 32.1. The maximum Gasteiger partial charge on any atom is 0.187 e.